The average molecular weight is 404 g/mol. The highest BCUT2D eigenvalue weighted by atomic mass is 35.5. The van der Waals surface area contributed by atoms with E-state index in [1.165, 1.54) is 6.07 Å². The summed E-state index contributed by atoms with van der Waals surface area (Å²) in [5.41, 5.74) is 0.806. The molecule has 3 rings (SSSR count). The quantitative estimate of drug-likeness (QED) is 0.618. The number of hydrogen-bond acceptors (Lipinski definition) is 4. The zero-order valence-electron chi connectivity index (χ0n) is 15.2. The molecule has 0 aliphatic rings. The Kier molecular flexibility index (Phi) is 5.53. The highest BCUT2D eigenvalue weighted by Gasteiger charge is 2.33. The van der Waals surface area contributed by atoms with Crippen LogP contribution in [0.15, 0.2) is 53.1 Å². The number of amides is 1. The van der Waals surface area contributed by atoms with Crippen molar-refractivity contribution in [3.8, 4) is 11.4 Å². The van der Waals surface area contributed by atoms with Crippen LogP contribution in [-0.4, -0.2) is 16.0 Å². The van der Waals surface area contributed by atoms with Gasteiger partial charge in [0.25, 0.3) is 5.91 Å². The van der Waals surface area contributed by atoms with Crippen LogP contribution in [0, 0.1) is 5.41 Å². The van der Waals surface area contributed by atoms with Gasteiger partial charge in [0.15, 0.2) is 0 Å². The topological polar surface area (TPSA) is 68.0 Å². The fourth-order valence-corrected chi connectivity index (χ4v) is 3.08. The zero-order valence-corrected chi connectivity index (χ0v) is 16.7. The summed E-state index contributed by atoms with van der Waals surface area (Å²) in [7, 11) is 0. The molecular weight excluding hydrogens is 385 g/mol. The Hall–Kier alpha value is -2.37. The molecule has 1 heterocycles. The summed E-state index contributed by atoms with van der Waals surface area (Å²) in [5, 5.41) is 7.75. The Balaban J connectivity index is 1.89. The van der Waals surface area contributed by atoms with Gasteiger partial charge in [-0.05, 0) is 23.6 Å². The van der Waals surface area contributed by atoms with Gasteiger partial charge in [-0.1, -0.05) is 79.5 Å². The van der Waals surface area contributed by atoms with Crippen molar-refractivity contribution in [2.75, 3.05) is 0 Å². The van der Waals surface area contributed by atoms with Gasteiger partial charge in [0, 0.05) is 10.6 Å². The Bertz CT molecular complexity index is 949. The van der Waals surface area contributed by atoms with Crippen molar-refractivity contribution in [1.29, 1.82) is 0 Å². The molecule has 0 radical (unpaired) electrons. The SMILES string of the molecule is CC(C)(C)C(NC(=O)c1ccc(Cl)cc1Cl)c1nc(-c2ccccc2)no1. The summed E-state index contributed by atoms with van der Waals surface area (Å²) >= 11 is 12.1. The zero-order chi connectivity index (χ0) is 19.6. The summed E-state index contributed by atoms with van der Waals surface area (Å²) in [6, 6.07) is 13.7. The number of rotatable bonds is 4. The Morgan fingerprint density at radius 2 is 1.81 bits per heavy atom. The number of aromatic nitrogens is 2. The summed E-state index contributed by atoms with van der Waals surface area (Å²) in [4.78, 5) is 17.2. The van der Waals surface area contributed by atoms with Crippen LogP contribution in [0.2, 0.25) is 10.0 Å². The van der Waals surface area contributed by atoms with E-state index in [0.29, 0.717) is 22.3 Å². The maximum atomic E-state index is 12.8. The first-order valence-electron chi connectivity index (χ1n) is 8.40. The summed E-state index contributed by atoms with van der Waals surface area (Å²) in [6.45, 7) is 5.94. The molecule has 0 aliphatic carbocycles. The van der Waals surface area contributed by atoms with Gasteiger partial charge in [0.1, 0.15) is 6.04 Å². The Morgan fingerprint density at radius 3 is 2.44 bits per heavy atom. The lowest BCUT2D eigenvalue weighted by atomic mass is 9.86. The molecule has 27 heavy (non-hydrogen) atoms. The van der Waals surface area contributed by atoms with Crippen molar-refractivity contribution < 1.29 is 9.32 Å². The van der Waals surface area contributed by atoms with Crippen molar-refractivity contribution in [1.82, 2.24) is 15.5 Å². The van der Waals surface area contributed by atoms with Crippen LogP contribution in [0.25, 0.3) is 11.4 Å². The number of halogens is 2. The number of carbonyl (C=O) groups excluding carboxylic acids is 1. The molecule has 0 spiro atoms. The van der Waals surface area contributed by atoms with Crippen molar-refractivity contribution in [2.24, 2.45) is 5.41 Å². The smallest absolute Gasteiger partial charge is 0.253 e. The van der Waals surface area contributed by atoms with Gasteiger partial charge >= 0.3 is 0 Å². The third kappa shape index (κ3) is 4.49. The van der Waals surface area contributed by atoms with Gasteiger partial charge in [-0.25, -0.2) is 0 Å². The maximum absolute atomic E-state index is 12.8. The second kappa shape index (κ2) is 7.71. The lowest BCUT2D eigenvalue weighted by Crippen LogP contribution is -2.37. The van der Waals surface area contributed by atoms with Gasteiger partial charge in [0.05, 0.1) is 10.6 Å². The molecule has 140 valence electrons. The number of nitrogens with one attached hydrogen (secondary N) is 1. The molecule has 0 saturated carbocycles. The largest absolute Gasteiger partial charge is 0.340 e. The van der Waals surface area contributed by atoms with E-state index in [0.717, 1.165) is 5.56 Å². The van der Waals surface area contributed by atoms with E-state index < -0.39 is 6.04 Å². The first-order chi connectivity index (χ1) is 12.8. The number of nitrogens with zero attached hydrogens (tertiary/aromatic N) is 2. The first-order valence-corrected chi connectivity index (χ1v) is 9.16. The second-order valence-corrected chi connectivity index (χ2v) is 8.06. The normalized spacial score (nSPS) is 12.6. The molecule has 7 heteroatoms. The molecule has 1 aromatic heterocycles. The lowest BCUT2D eigenvalue weighted by Gasteiger charge is -2.28. The van der Waals surface area contributed by atoms with Gasteiger partial charge in [-0.2, -0.15) is 4.98 Å². The van der Waals surface area contributed by atoms with Gasteiger partial charge < -0.3 is 9.84 Å². The van der Waals surface area contributed by atoms with E-state index in [9.17, 15) is 4.79 Å². The van der Waals surface area contributed by atoms with Crippen LogP contribution in [0.1, 0.15) is 43.1 Å². The van der Waals surface area contributed by atoms with Crippen molar-refractivity contribution in [3.05, 3.63) is 70.0 Å². The fourth-order valence-electron chi connectivity index (χ4n) is 2.59. The van der Waals surface area contributed by atoms with Crippen LogP contribution in [0.4, 0.5) is 0 Å². The van der Waals surface area contributed by atoms with E-state index in [1.54, 1.807) is 12.1 Å². The predicted molar refractivity (Wildman–Crippen MR) is 106 cm³/mol. The van der Waals surface area contributed by atoms with Crippen LogP contribution in [-0.2, 0) is 0 Å². The molecule has 0 aliphatic heterocycles. The molecule has 2 aromatic carbocycles. The van der Waals surface area contributed by atoms with E-state index in [4.69, 9.17) is 27.7 Å². The molecule has 1 N–H and O–H groups in total. The fraction of sp³-hybridized carbons (Fsp3) is 0.250. The average Bonchev–Trinajstić information content (AvgIpc) is 3.08. The minimum atomic E-state index is -0.498. The molecule has 3 aromatic rings. The Labute approximate surface area is 167 Å². The molecule has 0 fully saturated rings. The summed E-state index contributed by atoms with van der Waals surface area (Å²) in [5.74, 6) is 0.467. The van der Waals surface area contributed by atoms with E-state index in [2.05, 4.69) is 15.5 Å². The molecule has 5 nitrogen and oxygen atoms in total. The Morgan fingerprint density at radius 1 is 1.11 bits per heavy atom. The van der Waals surface area contributed by atoms with Crippen LogP contribution < -0.4 is 5.32 Å². The van der Waals surface area contributed by atoms with E-state index in [1.807, 2.05) is 51.1 Å². The molecular formula is C20H19Cl2N3O2. The third-order valence-electron chi connectivity index (χ3n) is 4.04. The van der Waals surface area contributed by atoms with Crippen LogP contribution in [0.3, 0.4) is 0 Å². The lowest BCUT2D eigenvalue weighted by molar-refractivity contribution is 0.0881. The number of benzene rings is 2. The minimum Gasteiger partial charge on any atom is -0.340 e. The molecule has 0 saturated heterocycles. The van der Waals surface area contributed by atoms with Crippen molar-refractivity contribution in [2.45, 2.75) is 26.8 Å². The number of hydrogen-bond donors (Lipinski definition) is 1. The van der Waals surface area contributed by atoms with Gasteiger partial charge in [-0.15, -0.1) is 0 Å². The summed E-state index contributed by atoms with van der Waals surface area (Å²) < 4.78 is 5.46. The van der Waals surface area contributed by atoms with Gasteiger partial charge in [0.2, 0.25) is 11.7 Å². The van der Waals surface area contributed by atoms with Crippen molar-refractivity contribution in [3.63, 3.8) is 0 Å². The standard InChI is InChI=1S/C20H19Cl2N3O2/c1-20(2,3)16(23-18(26)14-10-9-13(21)11-15(14)22)19-24-17(25-27-19)12-7-5-4-6-8-12/h4-11,16H,1-3H3,(H,23,26). The molecule has 0 bridgehead atoms. The highest BCUT2D eigenvalue weighted by molar-refractivity contribution is 6.36. The van der Waals surface area contributed by atoms with Crippen LogP contribution in [0.5, 0.6) is 0 Å². The maximum Gasteiger partial charge on any atom is 0.253 e. The third-order valence-corrected chi connectivity index (χ3v) is 4.59. The van der Waals surface area contributed by atoms with Crippen LogP contribution >= 0.6 is 23.2 Å². The van der Waals surface area contributed by atoms with Crippen molar-refractivity contribution >= 4 is 29.1 Å². The first kappa shape index (κ1) is 19.4. The highest BCUT2D eigenvalue weighted by Crippen LogP contribution is 2.33. The summed E-state index contributed by atoms with van der Waals surface area (Å²) in [6.07, 6.45) is 0. The minimum absolute atomic E-state index is 0.281. The van der Waals surface area contributed by atoms with E-state index in [-0.39, 0.29) is 16.3 Å². The molecule has 1 amide bonds. The monoisotopic (exact) mass is 403 g/mol. The second-order valence-electron chi connectivity index (χ2n) is 7.22. The van der Waals surface area contributed by atoms with Gasteiger partial charge in [-0.3, -0.25) is 4.79 Å². The molecule has 1 atom stereocenters. The predicted octanol–water partition coefficient (Wildman–Crippen LogP) is 5.56. The number of carbonyl (C=O) groups is 1. The molecule has 1 unspecified atom stereocenters. The van der Waals surface area contributed by atoms with E-state index >= 15 is 0 Å².